The molecule has 0 aliphatic carbocycles. The topological polar surface area (TPSA) is 46.3 Å². The summed E-state index contributed by atoms with van der Waals surface area (Å²) in [5, 5.41) is 0. The molecule has 3 nitrogen and oxygen atoms in total. The zero-order valence-electron chi connectivity index (χ0n) is 9.95. The Morgan fingerprint density at radius 3 is 2.73 bits per heavy atom. The van der Waals surface area contributed by atoms with Gasteiger partial charge in [0.05, 0.1) is 6.04 Å². The molecule has 1 amide bonds. The third-order valence-electron chi connectivity index (χ3n) is 2.94. The van der Waals surface area contributed by atoms with Crippen molar-refractivity contribution in [2.75, 3.05) is 25.1 Å². The fourth-order valence-electron chi connectivity index (χ4n) is 1.90. The second kappa shape index (κ2) is 5.21. The van der Waals surface area contributed by atoms with Gasteiger partial charge in [-0.25, -0.2) is 0 Å². The molecule has 1 saturated heterocycles. The van der Waals surface area contributed by atoms with Gasteiger partial charge >= 0.3 is 0 Å². The molecule has 0 unspecified atom stereocenters. The van der Waals surface area contributed by atoms with E-state index in [1.807, 2.05) is 11.2 Å². The van der Waals surface area contributed by atoms with Crippen molar-refractivity contribution in [3.05, 3.63) is 0 Å². The number of likely N-dealkylation sites (tertiary alicyclic amines) is 1. The summed E-state index contributed by atoms with van der Waals surface area (Å²) >= 11 is 1.74. The number of thioether (sulfide) groups is 1. The van der Waals surface area contributed by atoms with Gasteiger partial charge in [-0.2, -0.15) is 11.8 Å². The molecule has 0 aromatic heterocycles. The molecule has 0 aromatic rings. The molecule has 1 heterocycles. The van der Waals surface area contributed by atoms with Crippen LogP contribution in [-0.4, -0.2) is 41.9 Å². The van der Waals surface area contributed by atoms with Crippen LogP contribution < -0.4 is 5.73 Å². The van der Waals surface area contributed by atoms with E-state index in [2.05, 4.69) is 13.8 Å². The van der Waals surface area contributed by atoms with E-state index in [9.17, 15) is 4.79 Å². The van der Waals surface area contributed by atoms with E-state index >= 15 is 0 Å². The Bertz CT molecular complexity index is 231. The fourth-order valence-corrected chi connectivity index (χ4v) is 2.39. The van der Waals surface area contributed by atoms with Gasteiger partial charge < -0.3 is 10.6 Å². The van der Waals surface area contributed by atoms with Crippen molar-refractivity contribution in [3.63, 3.8) is 0 Å². The summed E-state index contributed by atoms with van der Waals surface area (Å²) in [7, 11) is 0. The molecule has 2 N–H and O–H groups in total. The van der Waals surface area contributed by atoms with Gasteiger partial charge in [-0.3, -0.25) is 4.79 Å². The van der Waals surface area contributed by atoms with E-state index in [1.165, 1.54) is 0 Å². The van der Waals surface area contributed by atoms with Crippen LogP contribution in [0, 0.1) is 5.41 Å². The summed E-state index contributed by atoms with van der Waals surface area (Å²) in [5.74, 6) is 1.10. The first kappa shape index (κ1) is 12.8. The van der Waals surface area contributed by atoms with Crippen molar-refractivity contribution >= 4 is 17.7 Å². The van der Waals surface area contributed by atoms with Crippen LogP contribution in [0.25, 0.3) is 0 Å². The first-order valence-electron chi connectivity index (χ1n) is 5.49. The van der Waals surface area contributed by atoms with Crippen LogP contribution in [0.15, 0.2) is 0 Å². The standard InChI is InChI=1S/C11H22N2OS/c1-11(2)5-6-13(8-11)10(14)9(12)4-7-15-3/h9H,4-8,12H2,1-3H3/t9-/m1/s1. The molecule has 15 heavy (non-hydrogen) atoms. The minimum Gasteiger partial charge on any atom is -0.341 e. The Kier molecular flexibility index (Phi) is 4.46. The number of nitrogens with two attached hydrogens (primary N) is 1. The normalized spacial score (nSPS) is 21.7. The third kappa shape index (κ3) is 3.68. The molecule has 0 saturated carbocycles. The van der Waals surface area contributed by atoms with Crippen molar-refractivity contribution in [1.82, 2.24) is 4.90 Å². The lowest BCUT2D eigenvalue weighted by atomic mass is 9.93. The molecule has 0 spiro atoms. The number of nitrogens with zero attached hydrogens (tertiary/aromatic N) is 1. The van der Waals surface area contributed by atoms with Crippen LogP contribution in [0.5, 0.6) is 0 Å². The lowest BCUT2D eigenvalue weighted by Gasteiger charge is -2.22. The Balaban J connectivity index is 2.41. The lowest BCUT2D eigenvalue weighted by molar-refractivity contribution is -0.131. The second-order valence-electron chi connectivity index (χ2n) is 5.06. The molecule has 0 aromatic carbocycles. The molecule has 1 rings (SSSR count). The van der Waals surface area contributed by atoms with Crippen molar-refractivity contribution in [1.29, 1.82) is 0 Å². The highest BCUT2D eigenvalue weighted by Gasteiger charge is 2.33. The summed E-state index contributed by atoms with van der Waals surface area (Å²) in [6.07, 6.45) is 3.92. The maximum absolute atomic E-state index is 11.9. The first-order chi connectivity index (χ1) is 6.96. The monoisotopic (exact) mass is 230 g/mol. The van der Waals surface area contributed by atoms with Crippen molar-refractivity contribution in [2.24, 2.45) is 11.1 Å². The number of hydrogen-bond acceptors (Lipinski definition) is 3. The maximum atomic E-state index is 11.9. The highest BCUT2D eigenvalue weighted by atomic mass is 32.2. The fraction of sp³-hybridized carbons (Fsp3) is 0.909. The minimum atomic E-state index is -0.300. The number of carbonyl (C=O) groups excluding carboxylic acids is 1. The van der Waals surface area contributed by atoms with Crippen molar-refractivity contribution < 1.29 is 4.79 Å². The van der Waals surface area contributed by atoms with Gasteiger partial charge in [0.1, 0.15) is 0 Å². The van der Waals surface area contributed by atoms with Crippen molar-refractivity contribution in [2.45, 2.75) is 32.7 Å². The second-order valence-corrected chi connectivity index (χ2v) is 6.05. The molecule has 0 bridgehead atoms. The van der Waals surface area contributed by atoms with Crippen LogP contribution in [0.1, 0.15) is 26.7 Å². The van der Waals surface area contributed by atoms with E-state index < -0.39 is 0 Å². The van der Waals surface area contributed by atoms with Gasteiger partial charge in [-0.15, -0.1) is 0 Å². The van der Waals surface area contributed by atoms with E-state index in [-0.39, 0.29) is 17.4 Å². The van der Waals surface area contributed by atoms with Crippen LogP contribution >= 0.6 is 11.8 Å². The highest BCUT2D eigenvalue weighted by molar-refractivity contribution is 7.98. The number of hydrogen-bond donors (Lipinski definition) is 1. The van der Waals surface area contributed by atoms with E-state index in [0.29, 0.717) is 0 Å². The molecule has 4 heteroatoms. The van der Waals surface area contributed by atoms with Gasteiger partial charge in [0.2, 0.25) is 5.91 Å². The van der Waals surface area contributed by atoms with E-state index in [1.54, 1.807) is 11.8 Å². The maximum Gasteiger partial charge on any atom is 0.239 e. The molecule has 1 aliphatic rings. The zero-order chi connectivity index (χ0) is 11.5. The number of amides is 1. The summed E-state index contributed by atoms with van der Waals surface area (Å²) < 4.78 is 0. The van der Waals surface area contributed by atoms with Crippen LogP contribution in [0.2, 0.25) is 0 Å². The van der Waals surface area contributed by atoms with Gasteiger partial charge in [0.25, 0.3) is 0 Å². The van der Waals surface area contributed by atoms with E-state index in [0.717, 1.165) is 31.7 Å². The molecule has 0 radical (unpaired) electrons. The molecule has 88 valence electrons. The van der Waals surface area contributed by atoms with Gasteiger partial charge in [-0.1, -0.05) is 13.8 Å². The SMILES string of the molecule is CSCC[C@@H](N)C(=O)N1CCC(C)(C)C1. The zero-order valence-corrected chi connectivity index (χ0v) is 10.8. The van der Waals surface area contributed by atoms with Crippen LogP contribution in [-0.2, 0) is 4.79 Å². The quantitative estimate of drug-likeness (QED) is 0.792. The average Bonchev–Trinajstić information content (AvgIpc) is 2.54. The van der Waals surface area contributed by atoms with Crippen LogP contribution in [0.3, 0.4) is 0 Å². The summed E-state index contributed by atoms with van der Waals surface area (Å²) in [6.45, 7) is 6.14. The molecule has 1 aliphatic heterocycles. The third-order valence-corrected chi connectivity index (χ3v) is 3.58. The first-order valence-corrected chi connectivity index (χ1v) is 6.89. The number of carbonyl (C=O) groups is 1. The predicted molar refractivity (Wildman–Crippen MR) is 66.0 cm³/mol. The van der Waals surface area contributed by atoms with Gasteiger partial charge in [0, 0.05) is 13.1 Å². The molecular formula is C11H22N2OS. The van der Waals surface area contributed by atoms with Gasteiger partial charge in [-0.05, 0) is 30.3 Å². The average molecular weight is 230 g/mol. The molecule has 1 fully saturated rings. The Labute approximate surface area is 96.8 Å². The summed E-state index contributed by atoms with van der Waals surface area (Å²) in [4.78, 5) is 13.9. The van der Waals surface area contributed by atoms with Crippen molar-refractivity contribution in [3.8, 4) is 0 Å². The van der Waals surface area contributed by atoms with Gasteiger partial charge in [0.15, 0.2) is 0 Å². The smallest absolute Gasteiger partial charge is 0.239 e. The van der Waals surface area contributed by atoms with E-state index in [4.69, 9.17) is 5.73 Å². The predicted octanol–water partition coefficient (Wildman–Crippen LogP) is 1.33. The Morgan fingerprint density at radius 2 is 2.27 bits per heavy atom. The largest absolute Gasteiger partial charge is 0.341 e. The van der Waals surface area contributed by atoms with Crippen LogP contribution in [0.4, 0.5) is 0 Å². The number of rotatable bonds is 4. The minimum absolute atomic E-state index is 0.134. The Hall–Kier alpha value is -0.220. The lowest BCUT2D eigenvalue weighted by Crippen LogP contribution is -2.43. The molecule has 1 atom stereocenters. The Morgan fingerprint density at radius 1 is 1.60 bits per heavy atom. The summed E-state index contributed by atoms with van der Waals surface area (Å²) in [6, 6.07) is -0.300. The summed E-state index contributed by atoms with van der Waals surface area (Å²) in [5.41, 5.74) is 6.14. The highest BCUT2D eigenvalue weighted by Crippen LogP contribution is 2.29. The molecular weight excluding hydrogens is 208 g/mol.